The lowest BCUT2D eigenvalue weighted by Crippen LogP contribution is -2.24. The molecule has 0 fully saturated rings. The van der Waals surface area contributed by atoms with Gasteiger partial charge in [-0.25, -0.2) is 61.5 Å². The van der Waals surface area contributed by atoms with E-state index in [9.17, 15) is 88.9 Å². The lowest BCUT2D eigenvalue weighted by atomic mass is 9.95. The summed E-state index contributed by atoms with van der Waals surface area (Å²) in [5.74, 6) is -81.2. The molecule has 0 N–H and O–H groups in total. The van der Waals surface area contributed by atoms with Crippen LogP contribution in [0.1, 0.15) is 27.0 Å². The molecule has 5 nitrogen and oxygen atoms in total. The zero-order valence-electron chi connectivity index (χ0n) is 38.5. The summed E-state index contributed by atoms with van der Waals surface area (Å²) in [7, 11) is -0.0460. The van der Waals surface area contributed by atoms with Gasteiger partial charge in [0, 0.05) is 22.3 Å². The van der Waals surface area contributed by atoms with Crippen molar-refractivity contribution < 1.29 is 112 Å². The number of rotatable bonds is 11. The van der Waals surface area contributed by atoms with Crippen molar-refractivity contribution in [3.63, 3.8) is 0 Å². The van der Waals surface area contributed by atoms with Crippen LogP contribution in [0.3, 0.4) is 0 Å². The minimum absolute atomic E-state index is 0.0460. The summed E-state index contributed by atoms with van der Waals surface area (Å²) in [6.45, 7) is 6.65. The molecule has 0 radical (unpaired) electrons. The van der Waals surface area contributed by atoms with Gasteiger partial charge in [0.15, 0.2) is 49.5 Å². The van der Waals surface area contributed by atoms with E-state index in [1.807, 2.05) is 0 Å². The number of benzene rings is 8. The summed E-state index contributed by atoms with van der Waals surface area (Å²) in [6.07, 6.45) is 0. The van der Waals surface area contributed by atoms with Gasteiger partial charge in [-0.15, -0.1) is 0 Å². The predicted molar refractivity (Wildman–Crippen MR) is 231 cm³/mol. The van der Waals surface area contributed by atoms with E-state index in [1.54, 1.807) is 0 Å². The van der Waals surface area contributed by atoms with Gasteiger partial charge in [-0.2, -0.15) is 26.3 Å². The highest BCUT2D eigenvalue weighted by Gasteiger charge is 2.39. The first-order chi connectivity index (χ1) is 36.6. The second-order valence-corrected chi connectivity index (χ2v) is 17.8. The van der Waals surface area contributed by atoms with Gasteiger partial charge >= 0.3 is 0 Å². The Labute approximate surface area is 426 Å². The van der Waals surface area contributed by atoms with E-state index < -0.39 is 180 Å². The van der Waals surface area contributed by atoms with E-state index in [4.69, 9.17) is 0 Å². The van der Waals surface area contributed by atoms with Gasteiger partial charge in [0.2, 0.25) is 116 Å². The number of aryl methyl sites for hydroxylation is 3. The van der Waals surface area contributed by atoms with Crippen LogP contribution in [0.5, 0.6) is 34.5 Å². The van der Waals surface area contributed by atoms with Crippen LogP contribution in [0.2, 0.25) is 0 Å². The smallest absolute Gasteiger partial charge is 0.213 e. The molecular formula is C52H22F20O5S. The minimum atomic E-state index is -3.17. The van der Waals surface area contributed by atoms with E-state index in [-0.39, 0.29) is 10.9 Å². The normalized spacial score (nSPS) is 11.2. The topological polar surface area (TPSA) is 67.8 Å². The van der Waals surface area contributed by atoms with E-state index in [0.717, 1.165) is 0 Å². The first kappa shape index (κ1) is 57.3. The average Bonchev–Trinajstić information content (AvgIpc) is 3.43. The van der Waals surface area contributed by atoms with Crippen LogP contribution in [0.25, 0.3) is 11.1 Å². The van der Waals surface area contributed by atoms with Crippen molar-refractivity contribution >= 4 is 16.9 Å². The average molecular weight is 1140 g/mol. The predicted octanol–water partition coefficient (Wildman–Crippen LogP) is 15.6. The fourth-order valence-electron chi connectivity index (χ4n) is 7.43. The number of aromatic carboxylic acids is 1. The number of carboxylic acid groups (broad SMARTS) is 1. The zero-order chi connectivity index (χ0) is 57.7. The molecule has 0 aromatic heterocycles. The summed E-state index contributed by atoms with van der Waals surface area (Å²) in [5.41, 5.74) is -3.60. The number of ether oxygens (including phenoxy) is 3. The van der Waals surface area contributed by atoms with Crippen LogP contribution < -0.4 is 19.3 Å². The van der Waals surface area contributed by atoms with Crippen molar-refractivity contribution in [1.29, 1.82) is 0 Å². The van der Waals surface area contributed by atoms with Crippen LogP contribution in [-0.2, 0) is 10.9 Å². The Morgan fingerprint density at radius 1 is 0.359 bits per heavy atom. The highest BCUT2D eigenvalue weighted by atomic mass is 32.2. The Balaban J connectivity index is 0.000000331. The fraction of sp³-hybridized carbons (Fsp3) is 0.0577. The molecule has 0 unspecified atom stereocenters. The highest BCUT2D eigenvalue weighted by Crippen LogP contribution is 2.55. The van der Waals surface area contributed by atoms with Gasteiger partial charge in [-0.3, -0.25) is 0 Å². The molecule has 0 saturated heterocycles. The van der Waals surface area contributed by atoms with E-state index in [2.05, 4.69) is 108 Å². The molecule has 406 valence electrons. The molecule has 0 aliphatic carbocycles. The second-order valence-electron chi connectivity index (χ2n) is 15.9. The largest absolute Gasteiger partial charge is 0.545 e. The number of hydrogen-bond donors (Lipinski definition) is 0. The number of halogens is 20. The lowest BCUT2D eigenvalue weighted by Gasteiger charge is -2.24. The summed E-state index contributed by atoms with van der Waals surface area (Å²) in [6, 6.07) is 25.6. The van der Waals surface area contributed by atoms with Gasteiger partial charge in [0.05, 0.1) is 22.4 Å². The third-order valence-corrected chi connectivity index (χ3v) is 13.3. The van der Waals surface area contributed by atoms with E-state index in [1.165, 1.54) is 31.4 Å². The van der Waals surface area contributed by atoms with Crippen LogP contribution in [0, 0.1) is 137 Å². The lowest BCUT2D eigenvalue weighted by molar-refractivity contribution is -0.255. The van der Waals surface area contributed by atoms with Crippen molar-refractivity contribution in [3.05, 3.63) is 217 Å². The van der Waals surface area contributed by atoms with Crippen molar-refractivity contribution in [2.45, 2.75) is 35.5 Å². The maximum Gasteiger partial charge on any atom is 0.213 e. The first-order valence-corrected chi connectivity index (χ1v) is 22.3. The van der Waals surface area contributed by atoms with Gasteiger partial charge in [0.1, 0.15) is 0 Å². The van der Waals surface area contributed by atoms with Crippen LogP contribution >= 0.6 is 0 Å². The van der Waals surface area contributed by atoms with Gasteiger partial charge in [0.25, 0.3) is 0 Å². The van der Waals surface area contributed by atoms with Crippen molar-refractivity contribution in [1.82, 2.24) is 0 Å². The first-order valence-electron chi connectivity index (χ1n) is 21.1. The Morgan fingerprint density at radius 3 is 0.987 bits per heavy atom. The fourth-order valence-corrected chi connectivity index (χ4v) is 9.79. The monoisotopic (exact) mass is 1140 g/mol. The number of carbonyl (C=O) groups is 1. The number of carboxylic acids is 1. The van der Waals surface area contributed by atoms with Gasteiger partial charge < -0.3 is 24.1 Å². The van der Waals surface area contributed by atoms with Crippen LogP contribution in [0.4, 0.5) is 87.8 Å². The van der Waals surface area contributed by atoms with Crippen molar-refractivity contribution in [2.24, 2.45) is 0 Å². The molecule has 0 aliphatic heterocycles. The molecule has 0 heterocycles. The molecule has 78 heavy (non-hydrogen) atoms. The molecule has 8 aromatic rings. The molecular weight excluding hydrogens is 1120 g/mol. The zero-order valence-corrected chi connectivity index (χ0v) is 39.3. The summed E-state index contributed by atoms with van der Waals surface area (Å²) < 4.78 is 302. The quantitative estimate of drug-likeness (QED) is 0.0559. The summed E-state index contributed by atoms with van der Waals surface area (Å²) in [5, 5.41) is 12.3. The molecule has 8 aromatic carbocycles. The Kier molecular flexibility index (Phi) is 16.4. The minimum Gasteiger partial charge on any atom is -0.545 e. The standard InChI is InChI=1S/C31H2F20O5.C21H21S/c32-6-5(7(33)9(35)10(36)8(6)34)4-2(31(52)53)1-3(54-28-20(46)14(40)11(37)15(41)21(28)47)26(55-29-22(48)16(42)12(38)17(43)23(29)49)27(4)56-30-24(50)18(44)13(39)19(45)25(30)51;1-16-14-17(2)21(18(3)15-16)22(19-10-6-4-7-11-19)20-12-8-5-9-13-20/h1H,(H,52,53);4-15H,1-3H3/q;+1/p-1. The number of hydrogen-bond acceptors (Lipinski definition) is 5. The molecule has 8 rings (SSSR count). The molecule has 0 bridgehead atoms. The maximum atomic E-state index is 15.2. The molecule has 0 aliphatic rings. The molecule has 0 spiro atoms. The Hall–Kier alpha value is -8.42. The van der Waals surface area contributed by atoms with Gasteiger partial charge in [-0.05, 0) is 51.1 Å². The van der Waals surface area contributed by atoms with Gasteiger partial charge in [-0.1, -0.05) is 54.1 Å². The van der Waals surface area contributed by atoms with Crippen molar-refractivity contribution in [3.8, 4) is 45.6 Å². The van der Waals surface area contributed by atoms with E-state index >= 15 is 8.78 Å². The van der Waals surface area contributed by atoms with Crippen molar-refractivity contribution in [2.75, 3.05) is 0 Å². The number of carbonyl (C=O) groups excluding carboxylic acids is 1. The Morgan fingerprint density at radius 2 is 0.654 bits per heavy atom. The molecule has 0 amide bonds. The second kappa shape index (κ2) is 22.3. The summed E-state index contributed by atoms with van der Waals surface area (Å²) in [4.78, 5) is 16.5. The molecule has 0 atom stereocenters. The third-order valence-electron chi connectivity index (χ3n) is 10.8. The maximum absolute atomic E-state index is 15.2. The molecule has 0 saturated carbocycles. The van der Waals surface area contributed by atoms with Crippen LogP contribution in [-0.4, -0.2) is 5.97 Å². The Bertz CT molecular complexity index is 3570. The summed E-state index contributed by atoms with van der Waals surface area (Å²) >= 11 is 0. The molecule has 26 heteroatoms. The van der Waals surface area contributed by atoms with E-state index in [0.29, 0.717) is 0 Å². The SMILES string of the molecule is Cc1cc(C)c([S+](c2ccccc2)c2ccccc2)c(C)c1.O=C([O-])c1cc(Oc2c(F)c(F)c(F)c(F)c2F)c(Oc2c(F)c(F)c(F)c(F)c2F)c(Oc2c(F)c(F)c(F)c(F)c2F)c1-c1c(F)c(F)c(F)c(F)c1F. The third kappa shape index (κ3) is 10.2. The van der Waals surface area contributed by atoms with Crippen LogP contribution in [0.15, 0.2) is 93.5 Å². The highest BCUT2D eigenvalue weighted by molar-refractivity contribution is 7.97.